The van der Waals surface area contributed by atoms with E-state index < -0.39 is 6.04 Å². The Morgan fingerprint density at radius 2 is 1.71 bits per heavy atom. The molecule has 3 amide bonds. The number of carbonyl (C=O) groups excluding carboxylic acids is 3. The second-order valence-electron chi connectivity index (χ2n) is 8.54. The van der Waals surface area contributed by atoms with Gasteiger partial charge < -0.3 is 15.5 Å². The first-order chi connectivity index (χ1) is 15.0. The van der Waals surface area contributed by atoms with Crippen LogP contribution >= 0.6 is 0 Å². The van der Waals surface area contributed by atoms with Gasteiger partial charge in [0.15, 0.2) is 0 Å². The Bertz CT molecular complexity index is 989. The van der Waals surface area contributed by atoms with Crippen LogP contribution in [0.2, 0.25) is 0 Å². The predicted octanol–water partition coefficient (Wildman–Crippen LogP) is 3.77. The van der Waals surface area contributed by atoms with Gasteiger partial charge in [-0.1, -0.05) is 31.0 Å². The van der Waals surface area contributed by atoms with Crippen LogP contribution in [0.15, 0.2) is 48.5 Å². The highest BCUT2D eigenvalue weighted by atomic mass is 16.2. The first kappa shape index (κ1) is 21.1. The zero-order chi connectivity index (χ0) is 22.0. The molecule has 2 aliphatic rings. The number of nitrogens with one attached hydrogen (secondary N) is 2. The highest BCUT2D eigenvalue weighted by Crippen LogP contribution is 2.41. The standard InChI is InChI=1S/C25H29N3O3/c1-16-14-19(23(29)26-2)12-13-20(16)27-24(30)22-15-18-10-6-7-11-21(18)28(22)25(31)17-8-4-3-5-9-17/h3-5,8-9,12-14,18,21-22H,6-7,10-11,15H2,1-2H3,(H,26,29)(H,27,30). The summed E-state index contributed by atoms with van der Waals surface area (Å²) < 4.78 is 0. The lowest BCUT2D eigenvalue weighted by Gasteiger charge is -2.33. The maximum absolute atomic E-state index is 13.4. The highest BCUT2D eigenvalue weighted by Gasteiger charge is 2.47. The molecular weight excluding hydrogens is 390 g/mol. The van der Waals surface area contributed by atoms with Crippen molar-refractivity contribution < 1.29 is 14.4 Å². The van der Waals surface area contributed by atoms with E-state index in [0.29, 0.717) is 29.2 Å². The molecule has 0 aromatic heterocycles. The summed E-state index contributed by atoms with van der Waals surface area (Å²) in [5, 5.41) is 5.62. The minimum atomic E-state index is -0.487. The largest absolute Gasteiger partial charge is 0.355 e. The molecule has 1 aliphatic heterocycles. The summed E-state index contributed by atoms with van der Waals surface area (Å²) in [5.74, 6) is -0.0225. The van der Waals surface area contributed by atoms with Crippen LogP contribution in [0.4, 0.5) is 5.69 Å². The molecular formula is C25H29N3O3. The molecule has 6 heteroatoms. The molecule has 3 unspecified atom stereocenters. The molecule has 2 aromatic carbocycles. The second kappa shape index (κ2) is 8.92. The van der Waals surface area contributed by atoms with Gasteiger partial charge in [-0.3, -0.25) is 14.4 Å². The molecule has 162 valence electrons. The van der Waals surface area contributed by atoms with Crippen molar-refractivity contribution in [2.24, 2.45) is 5.92 Å². The lowest BCUT2D eigenvalue weighted by molar-refractivity contribution is -0.120. The third kappa shape index (κ3) is 4.20. The van der Waals surface area contributed by atoms with Crippen LogP contribution in [-0.2, 0) is 4.79 Å². The van der Waals surface area contributed by atoms with Crippen LogP contribution in [-0.4, -0.2) is 41.8 Å². The third-order valence-electron chi connectivity index (χ3n) is 6.62. The number of nitrogens with zero attached hydrogens (tertiary/aromatic N) is 1. The Hall–Kier alpha value is -3.15. The molecule has 31 heavy (non-hydrogen) atoms. The van der Waals surface area contributed by atoms with Crippen molar-refractivity contribution in [3.8, 4) is 0 Å². The predicted molar refractivity (Wildman–Crippen MR) is 120 cm³/mol. The highest BCUT2D eigenvalue weighted by molar-refractivity contribution is 6.02. The Kier molecular flexibility index (Phi) is 6.07. The number of benzene rings is 2. The summed E-state index contributed by atoms with van der Waals surface area (Å²) >= 11 is 0. The van der Waals surface area contributed by atoms with E-state index in [9.17, 15) is 14.4 Å². The van der Waals surface area contributed by atoms with Crippen molar-refractivity contribution in [2.45, 2.75) is 51.1 Å². The van der Waals surface area contributed by atoms with Crippen molar-refractivity contribution in [3.63, 3.8) is 0 Å². The van der Waals surface area contributed by atoms with Crippen LogP contribution in [0.1, 0.15) is 58.4 Å². The molecule has 1 saturated heterocycles. The lowest BCUT2D eigenvalue weighted by atomic mass is 9.84. The molecule has 1 heterocycles. The molecule has 3 atom stereocenters. The molecule has 2 aromatic rings. The van der Waals surface area contributed by atoms with Crippen LogP contribution in [0.25, 0.3) is 0 Å². The molecule has 2 fully saturated rings. The molecule has 0 radical (unpaired) electrons. The third-order valence-corrected chi connectivity index (χ3v) is 6.62. The normalized spacial score (nSPS) is 22.5. The van der Waals surface area contributed by atoms with Crippen molar-refractivity contribution in [3.05, 3.63) is 65.2 Å². The molecule has 4 rings (SSSR count). The summed E-state index contributed by atoms with van der Waals surface area (Å²) in [7, 11) is 1.59. The van der Waals surface area contributed by atoms with E-state index in [1.54, 1.807) is 25.2 Å². The molecule has 6 nitrogen and oxygen atoms in total. The van der Waals surface area contributed by atoms with Crippen molar-refractivity contribution in [2.75, 3.05) is 12.4 Å². The molecule has 0 spiro atoms. The number of hydrogen-bond acceptors (Lipinski definition) is 3. The van der Waals surface area contributed by atoms with Gasteiger partial charge in [0, 0.05) is 29.9 Å². The topological polar surface area (TPSA) is 78.5 Å². The van der Waals surface area contributed by atoms with Gasteiger partial charge >= 0.3 is 0 Å². The second-order valence-corrected chi connectivity index (χ2v) is 8.54. The maximum atomic E-state index is 13.4. The fourth-order valence-electron chi connectivity index (χ4n) is 5.02. The summed E-state index contributed by atoms with van der Waals surface area (Å²) in [6.07, 6.45) is 4.96. The summed E-state index contributed by atoms with van der Waals surface area (Å²) in [4.78, 5) is 40.4. The Labute approximate surface area is 183 Å². The molecule has 0 bridgehead atoms. The van der Waals surface area contributed by atoms with Gasteiger partial charge in [-0.2, -0.15) is 0 Å². The van der Waals surface area contributed by atoms with Gasteiger partial charge in [-0.25, -0.2) is 0 Å². The zero-order valence-electron chi connectivity index (χ0n) is 18.1. The molecule has 1 aliphatic carbocycles. The number of rotatable bonds is 4. The average molecular weight is 420 g/mol. The smallest absolute Gasteiger partial charge is 0.254 e. The number of carbonyl (C=O) groups is 3. The van der Waals surface area contributed by atoms with E-state index in [1.165, 1.54) is 0 Å². The van der Waals surface area contributed by atoms with Crippen molar-refractivity contribution in [1.29, 1.82) is 0 Å². The van der Waals surface area contributed by atoms with E-state index in [4.69, 9.17) is 0 Å². The average Bonchev–Trinajstić information content (AvgIpc) is 3.19. The van der Waals surface area contributed by atoms with E-state index in [2.05, 4.69) is 10.6 Å². The number of amides is 3. The first-order valence-electron chi connectivity index (χ1n) is 11.0. The fourth-order valence-corrected chi connectivity index (χ4v) is 5.02. The van der Waals surface area contributed by atoms with E-state index >= 15 is 0 Å². The quantitative estimate of drug-likeness (QED) is 0.792. The number of likely N-dealkylation sites (tertiary alicyclic amines) is 1. The van der Waals surface area contributed by atoms with E-state index in [-0.39, 0.29) is 23.8 Å². The minimum Gasteiger partial charge on any atom is -0.355 e. The monoisotopic (exact) mass is 419 g/mol. The summed E-state index contributed by atoms with van der Waals surface area (Å²) in [5.41, 5.74) is 2.65. The van der Waals surface area contributed by atoms with Crippen molar-refractivity contribution >= 4 is 23.4 Å². The number of anilines is 1. The van der Waals surface area contributed by atoms with Crippen LogP contribution in [0.3, 0.4) is 0 Å². The lowest BCUT2D eigenvalue weighted by Crippen LogP contribution is -2.47. The minimum absolute atomic E-state index is 0.0677. The van der Waals surface area contributed by atoms with Gasteiger partial charge in [0.25, 0.3) is 11.8 Å². The Balaban J connectivity index is 1.58. The zero-order valence-corrected chi connectivity index (χ0v) is 18.1. The number of fused-ring (bicyclic) bond motifs is 1. The van der Waals surface area contributed by atoms with Crippen molar-refractivity contribution in [1.82, 2.24) is 10.2 Å². The Morgan fingerprint density at radius 1 is 0.968 bits per heavy atom. The SMILES string of the molecule is CNC(=O)c1ccc(NC(=O)C2CC3CCCCC3N2C(=O)c2ccccc2)c(C)c1. The van der Waals surface area contributed by atoms with Gasteiger partial charge in [-0.15, -0.1) is 0 Å². The van der Waals surface area contributed by atoms with Crippen LogP contribution in [0, 0.1) is 12.8 Å². The van der Waals surface area contributed by atoms with Gasteiger partial charge in [-0.05, 0) is 68.0 Å². The van der Waals surface area contributed by atoms with Gasteiger partial charge in [0.2, 0.25) is 5.91 Å². The Morgan fingerprint density at radius 3 is 2.42 bits per heavy atom. The van der Waals surface area contributed by atoms with E-state index in [0.717, 1.165) is 31.2 Å². The summed E-state index contributed by atoms with van der Waals surface area (Å²) in [6, 6.07) is 14.1. The fraction of sp³-hybridized carbons (Fsp3) is 0.400. The van der Waals surface area contributed by atoms with Crippen LogP contribution in [0.5, 0.6) is 0 Å². The van der Waals surface area contributed by atoms with Gasteiger partial charge in [0.05, 0.1) is 0 Å². The summed E-state index contributed by atoms with van der Waals surface area (Å²) in [6.45, 7) is 1.86. The van der Waals surface area contributed by atoms with Gasteiger partial charge in [0.1, 0.15) is 6.04 Å². The van der Waals surface area contributed by atoms with E-state index in [1.807, 2.05) is 42.2 Å². The number of aryl methyl sites for hydroxylation is 1. The molecule has 2 N–H and O–H groups in total. The number of hydrogen-bond donors (Lipinski definition) is 2. The first-order valence-corrected chi connectivity index (χ1v) is 11.0. The maximum Gasteiger partial charge on any atom is 0.254 e. The molecule has 1 saturated carbocycles. The van der Waals surface area contributed by atoms with Crippen LogP contribution < -0.4 is 10.6 Å².